The van der Waals surface area contributed by atoms with Gasteiger partial charge in [0.05, 0.1) is 18.2 Å². The molecule has 104 valence electrons. The summed E-state index contributed by atoms with van der Waals surface area (Å²) in [6.07, 6.45) is 6.97. The summed E-state index contributed by atoms with van der Waals surface area (Å²) in [6.45, 7) is 0.616. The fourth-order valence-electron chi connectivity index (χ4n) is 3.13. The molecule has 1 saturated heterocycles. The molecule has 1 aromatic rings. The van der Waals surface area contributed by atoms with E-state index < -0.39 is 0 Å². The van der Waals surface area contributed by atoms with Crippen molar-refractivity contribution in [3.8, 4) is 0 Å². The topological polar surface area (TPSA) is 77.2 Å². The van der Waals surface area contributed by atoms with Crippen LogP contribution in [-0.2, 0) is 4.74 Å². The fraction of sp³-hybridized carbons (Fsp3) is 0.692. The molecular formula is C13H19N3O2S. The molecule has 2 heterocycles. The predicted molar refractivity (Wildman–Crippen MR) is 74.2 cm³/mol. The van der Waals surface area contributed by atoms with Crippen molar-refractivity contribution in [3.05, 3.63) is 11.1 Å². The zero-order chi connectivity index (χ0) is 13.3. The molecule has 1 atom stereocenters. The van der Waals surface area contributed by atoms with Crippen molar-refractivity contribution >= 4 is 22.4 Å². The van der Waals surface area contributed by atoms with E-state index >= 15 is 0 Å². The number of amides is 1. The largest absolute Gasteiger partial charge is 0.375 e. The minimum Gasteiger partial charge on any atom is -0.375 e. The Labute approximate surface area is 116 Å². The van der Waals surface area contributed by atoms with E-state index in [9.17, 15) is 4.79 Å². The van der Waals surface area contributed by atoms with Crippen LogP contribution in [0.2, 0.25) is 0 Å². The highest BCUT2D eigenvalue weighted by molar-refractivity contribution is 7.13. The molecule has 0 unspecified atom stereocenters. The quantitative estimate of drug-likeness (QED) is 0.868. The zero-order valence-electron chi connectivity index (χ0n) is 10.9. The summed E-state index contributed by atoms with van der Waals surface area (Å²) >= 11 is 1.29. The van der Waals surface area contributed by atoms with Crippen LogP contribution >= 0.6 is 11.3 Å². The molecule has 19 heavy (non-hydrogen) atoms. The number of carbonyl (C=O) groups excluding carboxylic acids is 1. The van der Waals surface area contributed by atoms with Gasteiger partial charge in [-0.15, -0.1) is 11.3 Å². The highest BCUT2D eigenvalue weighted by Crippen LogP contribution is 2.39. The third-order valence-electron chi connectivity index (χ3n) is 4.06. The van der Waals surface area contributed by atoms with Crippen molar-refractivity contribution in [1.29, 1.82) is 0 Å². The molecule has 2 fully saturated rings. The van der Waals surface area contributed by atoms with E-state index in [0.717, 1.165) is 19.3 Å². The zero-order valence-corrected chi connectivity index (χ0v) is 11.7. The Balaban J connectivity index is 1.58. The van der Waals surface area contributed by atoms with Crippen LogP contribution in [0.4, 0.5) is 5.13 Å². The van der Waals surface area contributed by atoms with Gasteiger partial charge in [0.1, 0.15) is 5.69 Å². The summed E-state index contributed by atoms with van der Waals surface area (Å²) in [5.41, 5.74) is 5.97. The Bertz CT molecular complexity index is 468. The molecule has 0 radical (unpaired) electrons. The van der Waals surface area contributed by atoms with E-state index in [2.05, 4.69) is 10.3 Å². The number of hydrogen-bond donors (Lipinski definition) is 2. The number of nitrogens with one attached hydrogen (secondary N) is 1. The summed E-state index contributed by atoms with van der Waals surface area (Å²) in [4.78, 5) is 16.0. The van der Waals surface area contributed by atoms with Crippen molar-refractivity contribution in [2.45, 2.75) is 50.2 Å². The molecule has 1 amide bonds. The molecule has 0 bridgehead atoms. The Morgan fingerprint density at radius 1 is 1.47 bits per heavy atom. The number of aromatic nitrogens is 1. The van der Waals surface area contributed by atoms with Crippen LogP contribution in [0.25, 0.3) is 0 Å². The van der Waals surface area contributed by atoms with E-state index in [4.69, 9.17) is 10.5 Å². The van der Waals surface area contributed by atoms with Gasteiger partial charge in [-0.1, -0.05) is 19.3 Å². The van der Waals surface area contributed by atoms with E-state index in [1.807, 2.05) is 0 Å². The Morgan fingerprint density at radius 2 is 2.26 bits per heavy atom. The van der Waals surface area contributed by atoms with Crippen LogP contribution in [0.3, 0.4) is 0 Å². The van der Waals surface area contributed by atoms with Crippen LogP contribution in [0, 0.1) is 0 Å². The van der Waals surface area contributed by atoms with Crippen molar-refractivity contribution < 1.29 is 9.53 Å². The van der Waals surface area contributed by atoms with Gasteiger partial charge in [0.2, 0.25) is 0 Å². The maximum absolute atomic E-state index is 12.0. The van der Waals surface area contributed by atoms with Crippen LogP contribution in [0.1, 0.15) is 49.0 Å². The SMILES string of the molecule is Nc1nc(C(=O)N[C@@H]2COC3(CCCCC3)C2)cs1. The molecule has 1 aromatic heterocycles. The van der Waals surface area contributed by atoms with Gasteiger partial charge in [-0.2, -0.15) is 0 Å². The summed E-state index contributed by atoms with van der Waals surface area (Å²) in [5.74, 6) is -0.144. The van der Waals surface area contributed by atoms with Crippen LogP contribution < -0.4 is 11.1 Å². The molecule has 1 aliphatic carbocycles. The molecule has 1 spiro atoms. The molecule has 0 aromatic carbocycles. The maximum Gasteiger partial charge on any atom is 0.271 e. The Morgan fingerprint density at radius 3 is 2.95 bits per heavy atom. The second-order valence-electron chi connectivity index (χ2n) is 5.50. The van der Waals surface area contributed by atoms with Crippen molar-refractivity contribution in [2.75, 3.05) is 12.3 Å². The highest BCUT2D eigenvalue weighted by atomic mass is 32.1. The lowest BCUT2D eigenvalue weighted by Crippen LogP contribution is -2.37. The van der Waals surface area contributed by atoms with E-state index in [0.29, 0.717) is 17.4 Å². The van der Waals surface area contributed by atoms with Gasteiger partial charge in [-0.3, -0.25) is 4.79 Å². The standard InChI is InChI=1S/C13H19N3O2S/c14-12-16-10(8-19-12)11(17)15-9-6-13(18-7-9)4-2-1-3-5-13/h8-9H,1-7H2,(H2,14,16)(H,15,17)/t9-/m0/s1. The van der Waals surface area contributed by atoms with E-state index in [-0.39, 0.29) is 17.6 Å². The van der Waals surface area contributed by atoms with Gasteiger partial charge < -0.3 is 15.8 Å². The molecule has 5 nitrogen and oxygen atoms in total. The van der Waals surface area contributed by atoms with Crippen molar-refractivity contribution in [1.82, 2.24) is 10.3 Å². The first-order valence-electron chi connectivity index (χ1n) is 6.83. The minimum atomic E-state index is -0.144. The van der Waals surface area contributed by atoms with Crippen LogP contribution in [0.15, 0.2) is 5.38 Å². The molecule has 2 aliphatic rings. The lowest BCUT2D eigenvalue weighted by atomic mass is 9.82. The molecular weight excluding hydrogens is 262 g/mol. The average molecular weight is 281 g/mol. The average Bonchev–Trinajstić information content (AvgIpc) is 2.98. The molecule has 3 rings (SSSR count). The minimum absolute atomic E-state index is 0.0251. The number of nitrogen functional groups attached to an aromatic ring is 1. The van der Waals surface area contributed by atoms with E-state index in [1.54, 1.807) is 5.38 Å². The lowest BCUT2D eigenvalue weighted by Gasteiger charge is -2.32. The van der Waals surface area contributed by atoms with Gasteiger partial charge >= 0.3 is 0 Å². The number of rotatable bonds is 2. The first-order chi connectivity index (χ1) is 9.17. The van der Waals surface area contributed by atoms with Gasteiger partial charge in [0.25, 0.3) is 5.91 Å². The maximum atomic E-state index is 12.0. The summed E-state index contributed by atoms with van der Waals surface area (Å²) in [6, 6.07) is 0.105. The van der Waals surface area contributed by atoms with Gasteiger partial charge in [-0.05, 0) is 19.3 Å². The van der Waals surface area contributed by atoms with Crippen LogP contribution in [0.5, 0.6) is 0 Å². The van der Waals surface area contributed by atoms with E-state index in [1.165, 1.54) is 30.6 Å². The summed E-state index contributed by atoms with van der Waals surface area (Å²) in [7, 11) is 0. The van der Waals surface area contributed by atoms with Crippen molar-refractivity contribution in [2.24, 2.45) is 0 Å². The fourth-order valence-corrected chi connectivity index (χ4v) is 3.68. The second-order valence-corrected chi connectivity index (χ2v) is 6.39. The number of thiazole rings is 1. The number of anilines is 1. The number of carbonyl (C=O) groups is 1. The lowest BCUT2D eigenvalue weighted by molar-refractivity contribution is -0.0246. The third-order valence-corrected chi connectivity index (χ3v) is 4.74. The van der Waals surface area contributed by atoms with Crippen molar-refractivity contribution in [3.63, 3.8) is 0 Å². The number of nitrogens with two attached hydrogens (primary N) is 1. The highest BCUT2D eigenvalue weighted by Gasteiger charge is 2.41. The third kappa shape index (κ3) is 2.74. The number of nitrogens with zero attached hydrogens (tertiary/aromatic N) is 1. The van der Waals surface area contributed by atoms with Crippen LogP contribution in [-0.4, -0.2) is 29.1 Å². The Kier molecular flexibility index (Phi) is 3.45. The molecule has 1 saturated carbocycles. The molecule has 6 heteroatoms. The summed E-state index contributed by atoms with van der Waals surface area (Å²) in [5, 5.41) is 5.12. The molecule has 1 aliphatic heterocycles. The Hall–Kier alpha value is -1.14. The van der Waals surface area contributed by atoms with Gasteiger partial charge in [0.15, 0.2) is 5.13 Å². The van der Waals surface area contributed by atoms with Gasteiger partial charge in [0, 0.05) is 5.38 Å². The smallest absolute Gasteiger partial charge is 0.271 e. The first kappa shape index (κ1) is 12.9. The molecule has 3 N–H and O–H groups in total. The first-order valence-corrected chi connectivity index (χ1v) is 7.71. The monoisotopic (exact) mass is 281 g/mol. The number of ether oxygens (including phenoxy) is 1. The normalized spacial score (nSPS) is 25.6. The number of hydrogen-bond acceptors (Lipinski definition) is 5. The summed E-state index contributed by atoms with van der Waals surface area (Å²) < 4.78 is 5.98. The van der Waals surface area contributed by atoms with Gasteiger partial charge in [-0.25, -0.2) is 4.98 Å². The predicted octanol–water partition coefficient (Wildman–Crippen LogP) is 1.95. The second kappa shape index (κ2) is 5.09.